The zero-order valence-corrected chi connectivity index (χ0v) is 12.8. The van der Waals surface area contributed by atoms with Crippen molar-refractivity contribution in [2.75, 3.05) is 0 Å². The molecule has 18 heavy (non-hydrogen) atoms. The Morgan fingerprint density at radius 1 is 1.39 bits per heavy atom. The summed E-state index contributed by atoms with van der Waals surface area (Å²) in [6.07, 6.45) is 0. The average molecular weight is 283 g/mol. The molecule has 0 saturated carbocycles. The normalized spacial score (nSPS) is 12.6. The van der Waals surface area contributed by atoms with Gasteiger partial charge in [0.05, 0.1) is 16.1 Å². The molecule has 1 N–H and O–H groups in total. The summed E-state index contributed by atoms with van der Waals surface area (Å²) in [5, 5.41) is 0.722. The molecule has 1 heterocycles. The highest BCUT2D eigenvalue weighted by Crippen LogP contribution is 2.31. The van der Waals surface area contributed by atoms with Gasteiger partial charge in [-0.3, -0.25) is 0 Å². The fourth-order valence-corrected chi connectivity index (χ4v) is 2.37. The first-order chi connectivity index (χ1) is 8.33. The second-order valence-corrected chi connectivity index (χ2v) is 6.59. The number of H-pyrrole nitrogens is 1. The van der Waals surface area contributed by atoms with Crippen molar-refractivity contribution in [3.63, 3.8) is 0 Å². The second kappa shape index (κ2) is 4.71. The minimum atomic E-state index is 0.190. The summed E-state index contributed by atoms with van der Waals surface area (Å²) in [6, 6.07) is 5.91. The summed E-state index contributed by atoms with van der Waals surface area (Å²) in [7, 11) is 0. The molecule has 1 aromatic heterocycles. The summed E-state index contributed by atoms with van der Waals surface area (Å²) >= 11 is 11.6. The van der Waals surface area contributed by atoms with Crippen LogP contribution in [0, 0.1) is 16.1 Å². The Hall–Kier alpha value is -0.800. The van der Waals surface area contributed by atoms with E-state index in [2.05, 4.69) is 43.3 Å². The van der Waals surface area contributed by atoms with Crippen LogP contribution in [-0.2, 0) is 6.54 Å². The quantitative estimate of drug-likeness (QED) is 0.783. The molecule has 4 heteroatoms. The number of nitrogens with one attached hydrogen (secondary N) is 1. The van der Waals surface area contributed by atoms with Crippen molar-refractivity contribution >= 4 is 34.9 Å². The van der Waals surface area contributed by atoms with Crippen molar-refractivity contribution in [1.29, 1.82) is 0 Å². The smallest absolute Gasteiger partial charge is 0.178 e. The predicted octanol–water partition coefficient (Wildman–Crippen LogP) is 5.03. The van der Waals surface area contributed by atoms with E-state index < -0.39 is 0 Å². The molecule has 2 rings (SSSR count). The first-order valence-electron chi connectivity index (χ1n) is 6.20. The maximum Gasteiger partial charge on any atom is 0.178 e. The molecule has 0 spiro atoms. The summed E-state index contributed by atoms with van der Waals surface area (Å²) < 4.78 is 2.89. The predicted molar refractivity (Wildman–Crippen MR) is 80.8 cm³/mol. The Morgan fingerprint density at radius 2 is 2.06 bits per heavy atom. The number of hydrogen-bond acceptors (Lipinski definition) is 1. The molecule has 0 radical (unpaired) electrons. The van der Waals surface area contributed by atoms with Gasteiger partial charge in [0.25, 0.3) is 0 Å². The monoisotopic (exact) mass is 282 g/mol. The molecule has 2 nitrogen and oxygen atoms in total. The third-order valence-corrected chi connectivity index (χ3v) is 4.53. The molecule has 0 aliphatic carbocycles. The molecule has 98 valence electrons. The van der Waals surface area contributed by atoms with Gasteiger partial charge in [0.15, 0.2) is 4.77 Å². The van der Waals surface area contributed by atoms with Crippen LogP contribution in [0.25, 0.3) is 11.0 Å². The van der Waals surface area contributed by atoms with Crippen molar-refractivity contribution in [1.82, 2.24) is 9.55 Å². The number of fused-ring (bicyclic) bond motifs is 1. The van der Waals surface area contributed by atoms with Gasteiger partial charge in [0.1, 0.15) is 0 Å². The second-order valence-electron chi connectivity index (χ2n) is 5.79. The van der Waals surface area contributed by atoms with Gasteiger partial charge in [0.2, 0.25) is 0 Å². The SMILES string of the molecule is CC(C)C(C)(C)Cn1c(=S)[nH]c2c(Cl)cccc21. The molecule has 0 saturated heterocycles. The maximum atomic E-state index is 6.19. The van der Waals surface area contributed by atoms with Crippen LogP contribution in [0.5, 0.6) is 0 Å². The van der Waals surface area contributed by atoms with Crippen LogP contribution in [-0.4, -0.2) is 9.55 Å². The van der Waals surface area contributed by atoms with Crippen LogP contribution < -0.4 is 0 Å². The van der Waals surface area contributed by atoms with Gasteiger partial charge < -0.3 is 9.55 Å². The number of imidazole rings is 1. The minimum absolute atomic E-state index is 0.190. The van der Waals surface area contributed by atoms with Gasteiger partial charge in [-0.2, -0.15) is 0 Å². The fourth-order valence-electron chi connectivity index (χ4n) is 1.89. The first kappa shape index (κ1) is 13.6. The third-order valence-electron chi connectivity index (χ3n) is 3.89. The topological polar surface area (TPSA) is 20.7 Å². The Morgan fingerprint density at radius 3 is 2.67 bits per heavy atom. The standard InChI is InChI=1S/C14H19ClN2S/c1-9(2)14(3,4)8-17-11-7-5-6-10(15)12(11)16-13(17)18/h5-7,9H,8H2,1-4H3,(H,16,18). The number of rotatable bonds is 3. The largest absolute Gasteiger partial charge is 0.329 e. The molecule has 0 fully saturated rings. The van der Waals surface area contributed by atoms with E-state index in [1.165, 1.54) is 0 Å². The molecule has 0 aliphatic rings. The number of para-hydroxylation sites is 1. The van der Waals surface area contributed by atoms with E-state index in [4.69, 9.17) is 23.8 Å². The Labute approximate surface area is 118 Å². The van der Waals surface area contributed by atoms with Crippen LogP contribution in [0.3, 0.4) is 0 Å². The number of benzene rings is 1. The fraction of sp³-hybridized carbons (Fsp3) is 0.500. The highest BCUT2D eigenvalue weighted by molar-refractivity contribution is 7.71. The van der Waals surface area contributed by atoms with Crippen LogP contribution >= 0.6 is 23.8 Å². The van der Waals surface area contributed by atoms with Crippen LogP contribution in [0.2, 0.25) is 5.02 Å². The summed E-state index contributed by atoms with van der Waals surface area (Å²) in [4.78, 5) is 3.20. The zero-order valence-electron chi connectivity index (χ0n) is 11.2. The van der Waals surface area contributed by atoms with Crippen LogP contribution in [0.1, 0.15) is 27.7 Å². The number of nitrogens with zero attached hydrogens (tertiary/aromatic N) is 1. The van der Waals surface area contributed by atoms with Gasteiger partial charge in [-0.05, 0) is 35.7 Å². The van der Waals surface area contributed by atoms with E-state index in [1.807, 2.05) is 12.1 Å². The minimum Gasteiger partial charge on any atom is -0.329 e. The third kappa shape index (κ3) is 2.34. The Balaban J connectivity index is 2.56. The van der Waals surface area contributed by atoms with E-state index in [1.54, 1.807) is 0 Å². The lowest BCUT2D eigenvalue weighted by molar-refractivity contribution is 0.212. The van der Waals surface area contributed by atoms with Crippen LogP contribution in [0.15, 0.2) is 18.2 Å². The summed E-state index contributed by atoms with van der Waals surface area (Å²) in [5.74, 6) is 0.587. The molecule has 0 aliphatic heterocycles. The zero-order chi connectivity index (χ0) is 13.5. The van der Waals surface area contributed by atoms with Crippen molar-refractivity contribution in [3.05, 3.63) is 28.0 Å². The van der Waals surface area contributed by atoms with Crippen molar-refractivity contribution < 1.29 is 0 Å². The molecule has 0 atom stereocenters. The molecular formula is C14H19ClN2S. The summed E-state index contributed by atoms with van der Waals surface area (Å²) in [5.41, 5.74) is 2.21. The molecule has 0 unspecified atom stereocenters. The lowest BCUT2D eigenvalue weighted by atomic mass is 9.81. The number of aromatic nitrogens is 2. The molecule has 1 aromatic carbocycles. The highest BCUT2D eigenvalue weighted by atomic mass is 35.5. The van der Waals surface area contributed by atoms with Crippen molar-refractivity contribution in [2.45, 2.75) is 34.2 Å². The summed E-state index contributed by atoms with van der Waals surface area (Å²) in [6.45, 7) is 9.91. The van der Waals surface area contributed by atoms with E-state index in [0.717, 1.165) is 27.4 Å². The Bertz CT molecular complexity index is 622. The number of aromatic amines is 1. The van der Waals surface area contributed by atoms with E-state index in [9.17, 15) is 0 Å². The first-order valence-corrected chi connectivity index (χ1v) is 6.98. The Kier molecular flexibility index (Phi) is 3.56. The maximum absolute atomic E-state index is 6.19. The molecule has 0 bridgehead atoms. The highest BCUT2D eigenvalue weighted by Gasteiger charge is 2.24. The van der Waals surface area contributed by atoms with Gasteiger partial charge >= 0.3 is 0 Å². The lowest BCUT2D eigenvalue weighted by Crippen LogP contribution is -2.25. The van der Waals surface area contributed by atoms with Crippen LogP contribution in [0.4, 0.5) is 0 Å². The van der Waals surface area contributed by atoms with Crippen molar-refractivity contribution in [2.24, 2.45) is 11.3 Å². The van der Waals surface area contributed by atoms with Gasteiger partial charge in [0, 0.05) is 6.54 Å². The van der Waals surface area contributed by atoms with E-state index >= 15 is 0 Å². The number of hydrogen-bond donors (Lipinski definition) is 1. The van der Waals surface area contributed by atoms with Gasteiger partial charge in [-0.15, -0.1) is 0 Å². The molecule has 0 amide bonds. The van der Waals surface area contributed by atoms with E-state index in [0.29, 0.717) is 5.92 Å². The van der Waals surface area contributed by atoms with Gasteiger partial charge in [-0.25, -0.2) is 0 Å². The van der Waals surface area contributed by atoms with Gasteiger partial charge in [-0.1, -0.05) is 45.4 Å². The molecule has 2 aromatic rings. The van der Waals surface area contributed by atoms with E-state index in [-0.39, 0.29) is 5.41 Å². The number of halogens is 1. The average Bonchev–Trinajstić information content (AvgIpc) is 2.57. The van der Waals surface area contributed by atoms with Crippen molar-refractivity contribution in [3.8, 4) is 0 Å². The lowest BCUT2D eigenvalue weighted by Gasteiger charge is -2.29. The molecular weight excluding hydrogens is 264 g/mol.